The fourth-order valence-electron chi connectivity index (χ4n) is 2.96. The van der Waals surface area contributed by atoms with Crippen LogP contribution in [0.2, 0.25) is 0 Å². The number of oxazole rings is 1. The van der Waals surface area contributed by atoms with Gasteiger partial charge in [-0.1, -0.05) is 12.1 Å². The Morgan fingerprint density at radius 2 is 2.21 bits per heavy atom. The highest BCUT2D eigenvalue weighted by atomic mass is 19.1. The molecule has 0 unspecified atom stereocenters. The summed E-state index contributed by atoms with van der Waals surface area (Å²) in [6, 6.07) is 6.19. The first kappa shape index (κ1) is 16.6. The number of amides is 1. The molecule has 5 nitrogen and oxygen atoms in total. The lowest BCUT2D eigenvalue weighted by Gasteiger charge is -2.22. The maximum absolute atomic E-state index is 13.0. The van der Waals surface area contributed by atoms with Gasteiger partial charge in [0.2, 0.25) is 11.8 Å². The average Bonchev–Trinajstić information content (AvgIpc) is 3.23. The second kappa shape index (κ2) is 7.57. The Kier molecular flexibility index (Phi) is 5.25. The summed E-state index contributed by atoms with van der Waals surface area (Å²) >= 11 is 0. The minimum Gasteiger partial charge on any atom is -0.443 e. The van der Waals surface area contributed by atoms with Gasteiger partial charge in [0.15, 0.2) is 0 Å². The molecular formula is C18H21FN2O3. The van der Waals surface area contributed by atoms with Crippen LogP contribution in [0.25, 0.3) is 0 Å². The Labute approximate surface area is 140 Å². The van der Waals surface area contributed by atoms with E-state index in [4.69, 9.17) is 9.15 Å². The van der Waals surface area contributed by atoms with E-state index in [2.05, 4.69) is 4.98 Å². The molecule has 1 aliphatic heterocycles. The normalized spacial score (nSPS) is 17.4. The van der Waals surface area contributed by atoms with E-state index >= 15 is 0 Å². The summed E-state index contributed by atoms with van der Waals surface area (Å²) < 4.78 is 24.0. The first-order valence-corrected chi connectivity index (χ1v) is 8.23. The van der Waals surface area contributed by atoms with Crippen LogP contribution in [0, 0.1) is 5.82 Å². The van der Waals surface area contributed by atoms with E-state index in [1.54, 1.807) is 23.2 Å². The summed E-state index contributed by atoms with van der Waals surface area (Å²) in [5.41, 5.74) is 0.954. The molecule has 24 heavy (non-hydrogen) atoms. The third-order valence-corrected chi connectivity index (χ3v) is 4.15. The van der Waals surface area contributed by atoms with Crippen molar-refractivity contribution in [3.8, 4) is 0 Å². The lowest BCUT2D eigenvalue weighted by Crippen LogP contribution is -2.33. The second-order valence-corrected chi connectivity index (χ2v) is 5.85. The molecule has 1 atom stereocenters. The van der Waals surface area contributed by atoms with Crippen molar-refractivity contribution in [3.63, 3.8) is 0 Å². The molecular weight excluding hydrogens is 311 g/mol. The number of hydrogen-bond acceptors (Lipinski definition) is 4. The molecule has 0 spiro atoms. The average molecular weight is 332 g/mol. The standard InChI is InChI=1S/C18H21FN2O3/c1-2-23-12-17(22)21-9-3-4-16(21)18-20-11-15(24-18)10-13-5-7-14(19)8-6-13/h5-8,11,16H,2-4,9-10,12H2,1H3/t16-/m0/s1. The van der Waals surface area contributed by atoms with Gasteiger partial charge in [-0.25, -0.2) is 9.37 Å². The number of carbonyl (C=O) groups excluding carboxylic acids is 1. The SMILES string of the molecule is CCOCC(=O)N1CCC[C@H]1c1ncc(Cc2ccc(F)cc2)o1. The number of aromatic nitrogens is 1. The van der Waals surface area contributed by atoms with Crippen molar-refractivity contribution in [2.24, 2.45) is 0 Å². The number of ether oxygens (including phenoxy) is 1. The first-order valence-electron chi connectivity index (χ1n) is 8.23. The fraction of sp³-hybridized carbons (Fsp3) is 0.444. The van der Waals surface area contributed by atoms with Crippen molar-refractivity contribution >= 4 is 5.91 Å². The molecule has 3 rings (SSSR count). The number of hydrogen-bond donors (Lipinski definition) is 0. The molecule has 1 saturated heterocycles. The van der Waals surface area contributed by atoms with E-state index in [-0.39, 0.29) is 24.4 Å². The molecule has 2 aromatic rings. The van der Waals surface area contributed by atoms with Crippen LogP contribution in [0.4, 0.5) is 4.39 Å². The van der Waals surface area contributed by atoms with Crippen molar-refractivity contribution in [2.75, 3.05) is 19.8 Å². The monoisotopic (exact) mass is 332 g/mol. The quantitative estimate of drug-likeness (QED) is 0.816. The van der Waals surface area contributed by atoms with Crippen LogP contribution in [0.15, 0.2) is 34.9 Å². The molecule has 0 N–H and O–H groups in total. The van der Waals surface area contributed by atoms with E-state index in [1.165, 1.54) is 12.1 Å². The molecule has 128 valence electrons. The van der Waals surface area contributed by atoms with Gasteiger partial charge in [-0.2, -0.15) is 0 Å². The highest BCUT2D eigenvalue weighted by Crippen LogP contribution is 2.32. The zero-order chi connectivity index (χ0) is 16.9. The fourth-order valence-corrected chi connectivity index (χ4v) is 2.96. The van der Waals surface area contributed by atoms with Gasteiger partial charge in [0.1, 0.15) is 24.2 Å². The molecule has 0 bridgehead atoms. The van der Waals surface area contributed by atoms with Crippen LogP contribution in [0.5, 0.6) is 0 Å². The molecule has 2 heterocycles. The summed E-state index contributed by atoms with van der Waals surface area (Å²) in [5.74, 6) is 0.985. The largest absolute Gasteiger partial charge is 0.443 e. The maximum atomic E-state index is 13.0. The Bertz CT molecular complexity index is 684. The minimum absolute atomic E-state index is 0.0300. The third-order valence-electron chi connectivity index (χ3n) is 4.15. The molecule has 1 aromatic heterocycles. The van der Waals surface area contributed by atoms with Gasteiger partial charge in [0.05, 0.1) is 6.20 Å². The maximum Gasteiger partial charge on any atom is 0.249 e. The smallest absolute Gasteiger partial charge is 0.249 e. The molecule has 1 aliphatic rings. The summed E-state index contributed by atoms with van der Waals surface area (Å²) in [6.07, 6.45) is 4.00. The highest BCUT2D eigenvalue weighted by molar-refractivity contribution is 5.78. The van der Waals surface area contributed by atoms with Gasteiger partial charge in [0.25, 0.3) is 0 Å². The topological polar surface area (TPSA) is 55.6 Å². The van der Waals surface area contributed by atoms with Gasteiger partial charge in [-0.15, -0.1) is 0 Å². The molecule has 6 heteroatoms. The Hall–Kier alpha value is -2.21. The zero-order valence-electron chi connectivity index (χ0n) is 13.7. The zero-order valence-corrected chi connectivity index (χ0v) is 13.7. The Morgan fingerprint density at radius 3 is 2.96 bits per heavy atom. The summed E-state index contributed by atoms with van der Waals surface area (Å²) in [4.78, 5) is 18.3. The van der Waals surface area contributed by atoms with Crippen LogP contribution in [-0.2, 0) is 16.0 Å². The third kappa shape index (κ3) is 3.82. The van der Waals surface area contributed by atoms with E-state index < -0.39 is 0 Å². The van der Waals surface area contributed by atoms with Crippen LogP contribution >= 0.6 is 0 Å². The predicted molar refractivity (Wildman–Crippen MR) is 85.9 cm³/mol. The number of carbonyl (C=O) groups is 1. The van der Waals surface area contributed by atoms with E-state index in [0.717, 1.165) is 18.4 Å². The molecule has 1 fully saturated rings. The first-order chi connectivity index (χ1) is 11.7. The summed E-state index contributed by atoms with van der Waals surface area (Å²) in [6.45, 7) is 3.18. The predicted octanol–water partition coefficient (Wildman–Crippen LogP) is 3.10. The lowest BCUT2D eigenvalue weighted by molar-refractivity contribution is -0.137. The Morgan fingerprint density at radius 1 is 1.42 bits per heavy atom. The van der Waals surface area contributed by atoms with Crippen molar-refractivity contribution < 1.29 is 18.3 Å². The van der Waals surface area contributed by atoms with Crippen molar-refractivity contribution in [3.05, 3.63) is 53.5 Å². The van der Waals surface area contributed by atoms with E-state index in [1.807, 2.05) is 6.92 Å². The molecule has 0 saturated carbocycles. The number of halogens is 1. The number of benzene rings is 1. The van der Waals surface area contributed by atoms with Crippen LogP contribution in [0.3, 0.4) is 0 Å². The van der Waals surface area contributed by atoms with Gasteiger partial charge in [-0.05, 0) is 37.5 Å². The highest BCUT2D eigenvalue weighted by Gasteiger charge is 2.33. The van der Waals surface area contributed by atoms with Gasteiger partial charge >= 0.3 is 0 Å². The second-order valence-electron chi connectivity index (χ2n) is 5.85. The van der Waals surface area contributed by atoms with E-state index in [9.17, 15) is 9.18 Å². The number of likely N-dealkylation sites (tertiary alicyclic amines) is 1. The van der Waals surface area contributed by atoms with Crippen molar-refractivity contribution in [1.82, 2.24) is 9.88 Å². The van der Waals surface area contributed by atoms with Crippen LogP contribution in [-0.4, -0.2) is 35.5 Å². The van der Waals surface area contributed by atoms with Crippen LogP contribution < -0.4 is 0 Å². The van der Waals surface area contributed by atoms with E-state index in [0.29, 0.717) is 31.2 Å². The van der Waals surface area contributed by atoms with Crippen molar-refractivity contribution in [1.29, 1.82) is 0 Å². The minimum atomic E-state index is -0.258. The molecule has 1 aromatic carbocycles. The summed E-state index contributed by atoms with van der Waals surface area (Å²) in [7, 11) is 0. The summed E-state index contributed by atoms with van der Waals surface area (Å²) in [5, 5.41) is 0. The van der Waals surface area contributed by atoms with Gasteiger partial charge in [0, 0.05) is 19.6 Å². The molecule has 0 aliphatic carbocycles. The van der Waals surface area contributed by atoms with Crippen LogP contribution in [0.1, 0.15) is 43.0 Å². The molecule has 0 radical (unpaired) electrons. The van der Waals surface area contributed by atoms with Crippen molar-refractivity contribution in [2.45, 2.75) is 32.2 Å². The Balaban J connectivity index is 1.67. The van der Waals surface area contributed by atoms with Gasteiger partial charge in [-0.3, -0.25) is 4.79 Å². The number of rotatable bonds is 6. The molecule has 1 amide bonds. The lowest BCUT2D eigenvalue weighted by atomic mass is 10.1. The number of nitrogens with zero attached hydrogens (tertiary/aromatic N) is 2. The van der Waals surface area contributed by atoms with Gasteiger partial charge < -0.3 is 14.1 Å².